The highest BCUT2D eigenvalue weighted by Crippen LogP contribution is 2.23. The summed E-state index contributed by atoms with van der Waals surface area (Å²) in [5, 5.41) is 0. The minimum absolute atomic E-state index is 0.141. The van der Waals surface area contributed by atoms with Gasteiger partial charge in [-0.15, -0.1) is 13.2 Å². The van der Waals surface area contributed by atoms with Crippen LogP contribution in [-0.2, 0) is 17.8 Å². The molecule has 5 nitrogen and oxygen atoms in total. The topological polar surface area (TPSA) is 61.3 Å². The lowest BCUT2D eigenvalue weighted by Gasteiger charge is -2.10. The summed E-state index contributed by atoms with van der Waals surface area (Å²) in [6, 6.07) is 9.42. The second-order valence-corrected chi connectivity index (χ2v) is 6.62. The predicted octanol–water partition coefficient (Wildman–Crippen LogP) is 5.49. The van der Waals surface area contributed by atoms with E-state index in [0.29, 0.717) is 11.4 Å². The Hall–Kier alpha value is -3.33. The highest BCUT2D eigenvalue weighted by atomic mass is 19.4. The van der Waals surface area contributed by atoms with Crippen LogP contribution in [-0.4, -0.2) is 22.3 Å². The summed E-state index contributed by atoms with van der Waals surface area (Å²) in [6.07, 6.45) is 0.528. The van der Waals surface area contributed by atoms with Gasteiger partial charge in [-0.2, -0.15) is 0 Å². The number of aryl methyl sites for hydroxylation is 1. The molecule has 1 heterocycles. The number of halogens is 4. The number of hydrogen-bond acceptors (Lipinski definition) is 5. The summed E-state index contributed by atoms with van der Waals surface area (Å²) in [4.78, 5) is 20.9. The number of alkyl halides is 3. The van der Waals surface area contributed by atoms with Gasteiger partial charge in [-0.3, -0.25) is 4.74 Å². The third kappa shape index (κ3) is 6.32. The zero-order chi connectivity index (χ0) is 22.4. The van der Waals surface area contributed by atoms with Crippen LogP contribution < -0.4 is 4.74 Å². The molecular formula is C22H18F4N2O3. The first-order valence-electron chi connectivity index (χ1n) is 9.38. The number of carbonyl (C=O) groups is 1. The lowest BCUT2D eigenvalue weighted by atomic mass is 10.1. The summed E-state index contributed by atoms with van der Waals surface area (Å²) in [5.74, 6) is -1.35. The van der Waals surface area contributed by atoms with Gasteiger partial charge < -0.3 is 4.74 Å². The van der Waals surface area contributed by atoms with E-state index in [4.69, 9.17) is 4.74 Å². The maximum Gasteiger partial charge on any atom is 0.522 e. The first kappa shape index (κ1) is 22.4. The average Bonchev–Trinajstić information content (AvgIpc) is 2.73. The third-order valence-corrected chi connectivity index (χ3v) is 4.25. The molecule has 2 aromatic carbocycles. The zero-order valence-corrected chi connectivity index (χ0v) is 16.4. The van der Waals surface area contributed by atoms with Crippen molar-refractivity contribution >= 4 is 5.97 Å². The van der Waals surface area contributed by atoms with Crippen LogP contribution in [0.25, 0.3) is 11.4 Å². The summed E-state index contributed by atoms with van der Waals surface area (Å²) < 4.78 is 58.9. The van der Waals surface area contributed by atoms with Gasteiger partial charge in [0.2, 0.25) is 0 Å². The molecule has 0 radical (unpaired) electrons. The molecule has 9 heteroatoms. The first-order chi connectivity index (χ1) is 14.7. The van der Waals surface area contributed by atoms with E-state index in [-0.39, 0.29) is 16.9 Å². The van der Waals surface area contributed by atoms with Gasteiger partial charge in [-0.05, 0) is 30.2 Å². The number of ether oxygens (including phenoxy) is 2. The van der Waals surface area contributed by atoms with Crippen molar-refractivity contribution in [2.45, 2.75) is 32.7 Å². The summed E-state index contributed by atoms with van der Waals surface area (Å²) in [5.41, 5.74) is 1.64. The number of rotatable bonds is 7. The Balaban J connectivity index is 1.64. The molecule has 0 saturated heterocycles. The van der Waals surface area contributed by atoms with Gasteiger partial charge in [0.1, 0.15) is 11.6 Å². The van der Waals surface area contributed by atoms with E-state index < -0.39 is 24.8 Å². The third-order valence-electron chi connectivity index (χ3n) is 4.25. The quantitative estimate of drug-likeness (QED) is 0.280. The standard InChI is InChI=1S/C22H18F4N2O3/c1-2-3-14-11-27-20(28-12-14)15-4-6-16(7-5-15)21(29)31-18-9-8-17(19(23)10-18)13-30-22(24,25)26/h4-12H,2-3,13H2,1H3. The molecule has 31 heavy (non-hydrogen) atoms. The molecule has 0 aliphatic rings. The first-order valence-corrected chi connectivity index (χ1v) is 9.38. The molecule has 0 saturated carbocycles. The number of aromatic nitrogens is 2. The Labute approximate surface area is 175 Å². The van der Waals surface area contributed by atoms with Crippen molar-refractivity contribution in [2.75, 3.05) is 0 Å². The van der Waals surface area contributed by atoms with Crippen LogP contribution in [0.4, 0.5) is 17.6 Å². The molecule has 0 atom stereocenters. The molecule has 0 bridgehead atoms. The van der Waals surface area contributed by atoms with Crippen LogP contribution in [0.3, 0.4) is 0 Å². The highest BCUT2D eigenvalue weighted by molar-refractivity contribution is 5.91. The number of carbonyl (C=O) groups excluding carboxylic acids is 1. The lowest BCUT2D eigenvalue weighted by Crippen LogP contribution is -2.13. The van der Waals surface area contributed by atoms with Crippen LogP contribution in [0.5, 0.6) is 5.75 Å². The van der Waals surface area contributed by atoms with Crippen molar-refractivity contribution in [1.29, 1.82) is 0 Å². The van der Waals surface area contributed by atoms with E-state index in [0.717, 1.165) is 30.5 Å². The second-order valence-electron chi connectivity index (χ2n) is 6.62. The number of benzene rings is 2. The second kappa shape index (κ2) is 9.65. The van der Waals surface area contributed by atoms with Crippen LogP contribution in [0.1, 0.15) is 34.8 Å². The summed E-state index contributed by atoms with van der Waals surface area (Å²) >= 11 is 0. The van der Waals surface area contributed by atoms with E-state index in [1.54, 1.807) is 24.5 Å². The molecule has 0 fully saturated rings. The van der Waals surface area contributed by atoms with E-state index >= 15 is 0 Å². The molecule has 0 unspecified atom stereocenters. The number of esters is 1. The van der Waals surface area contributed by atoms with Gasteiger partial charge in [-0.25, -0.2) is 19.2 Å². The Morgan fingerprint density at radius 3 is 2.29 bits per heavy atom. The Bertz CT molecular complexity index is 1040. The predicted molar refractivity (Wildman–Crippen MR) is 104 cm³/mol. The largest absolute Gasteiger partial charge is 0.522 e. The van der Waals surface area contributed by atoms with Gasteiger partial charge in [0, 0.05) is 29.6 Å². The van der Waals surface area contributed by atoms with Crippen molar-refractivity contribution in [1.82, 2.24) is 9.97 Å². The van der Waals surface area contributed by atoms with Gasteiger partial charge in [0.15, 0.2) is 5.82 Å². The van der Waals surface area contributed by atoms with Crippen LogP contribution in [0.2, 0.25) is 0 Å². The Kier molecular flexibility index (Phi) is 6.96. The van der Waals surface area contributed by atoms with Crippen molar-refractivity contribution in [3.63, 3.8) is 0 Å². The van der Waals surface area contributed by atoms with Crippen LogP contribution >= 0.6 is 0 Å². The lowest BCUT2D eigenvalue weighted by molar-refractivity contribution is -0.330. The molecule has 0 N–H and O–H groups in total. The minimum Gasteiger partial charge on any atom is -0.423 e. The monoisotopic (exact) mass is 434 g/mol. The molecule has 0 spiro atoms. The van der Waals surface area contributed by atoms with Gasteiger partial charge in [-0.1, -0.05) is 31.5 Å². The van der Waals surface area contributed by atoms with Crippen molar-refractivity contribution in [2.24, 2.45) is 0 Å². The fourth-order valence-corrected chi connectivity index (χ4v) is 2.71. The normalized spacial score (nSPS) is 11.4. The highest BCUT2D eigenvalue weighted by Gasteiger charge is 2.29. The van der Waals surface area contributed by atoms with Gasteiger partial charge in [0.05, 0.1) is 12.2 Å². The molecule has 3 rings (SSSR count). The molecular weight excluding hydrogens is 416 g/mol. The zero-order valence-electron chi connectivity index (χ0n) is 16.4. The average molecular weight is 434 g/mol. The Morgan fingerprint density at radius 1 is 1.03 bits per heavy atom. The molecule has 1 aromatic heterocycles. The van der Waals surface area contributed by atoms with E-state index in [1.807, 2.05) is 0 Å². The summed E-state index contributed by atoms with van der Waals surface area (Å²) in [7, 11) is 0. The number of nitrogens with zero attached hydrogens (tertiary/aromatic N) is 2. The van der Waals surface area contributed by atoms with Crippen molar-refractivity contribution in [3.8, 4) is 17.1 Å². The van der Waals surface area contributed by atoms with E-state index in [1.165, 1.54) is 18.2 Å². The van der Waals surface area contributed by atoms with E-state index in [2.05, 4.69) is 21.6 Å². The van der Waals surface area contributed by atoms with Gasteiger partial charge >= 0.3 is 12.3 Å². The van der Waals surface area contributed by atoms with E-state index in [9.17, 15) is 22.4 Å². The van der Waals surface area contributed by atoms with Crippen LogP contribution in [0, 0.1) is 5.82 Å². The van der Waals surface area contributed by atoms with Crippen molar-refractivity contribution in [3.05, 3.63) is 77.4 Å². The minimum atomic E-state index is -4.87. The molecule has 162 valence electrons. The fraction of sp³-hybridized carbons (Fsp3) is 0.227. The maximum absolute atomic E-state index is 13.9. The van der Waals surface area contributed by atoms with Crippen molar-refractivity contribution < 1.29 is 31.8 Å². The smallest absolute Gasteiger partial charge is 0.423 e. The SMILES string of the molecule is CCCc1cnc(-c2ccc(C(=O)Oc3ccc(COC(F)(F)F)c(F)c3)cc2)nc1. The van der Waals surface area contributed by atoms with Crippen LogP contribution in [0.15, 0.2) is 54.9 Å². The molecule has 3 aromatic rings. The molecule has 0 amide bonds. The van der Waals surface area contributed by atoms with Gasteiger partial charge in [0.25, 0.3) is 0 Å². The summed E-state index contributed by atoms with van der Waals surface area (Å²) in [6.45, 7) is 1.09. The fourth-order valence-electron chi connectivity index (χ4n) is 2.71. The molecule has 0 aliphatic heterocycles. The maximum atomic E-state index is 13.9. The molecule has 0 aliphatic carbocycles. The Morgan fingerprint density at radius 2 is 1.71 bits per heavy atom. The number of hydrogen-bond donors (Lipinski definition) is 0.